The van der Waals surface area contributed by atoms with E-state index >= 15 is 0 Å². The van der Waals surface area contributed by atoms with Crippen molar-refractivity contribution in [1.29, 1.82) is 5.26 Å². The molecule has 1 unspecified atom stereocenters. The maximum Gasteiger partial charge on any atom is 0.147 e. The second-order valence-electron chi connectivity index (χ2n) is 2.61. The lowest BCUT2D eigenvalue weighted by atomic mass is 10.3. The zero-order chi connectivity index (χ0) is 9.26. The van der Waals surface area contributed by atoms with Crippen LogP contribution in [0.4, 0.5) is 5.69 Å². The number of nitrogens with zero attached hydrogens (tertiary/aromatic N) is 1. The Hall–Kier alpha value is -1.05. The molecule has 2 rings (SSSR count). The Morgan fingerprint density at radius 3 is 3.00 bits per heavy atom. The lowest BCUT2D eigenvalue weighted by Gasteiger charge is -2.21. The van der Waals surface area contributed by atoms with Gasteiger partial charge in [0.1, 0.15) is 10.2 Å². The molecule has 4 heteroatoms. The summed E-state index contributed by atoms with van der Waals surface area (Å²) >= 11 is 6.55. The molecule has 0 spiro atoms. The molecule has 1 aliphatic heterocycles. The standard InChI is InChI=1S/C9H6N2S2/c10-5-8-9(12)11-6-3-1-2-4-7(6)13-8/h1-4,8H,(H,11,12). The van der Waals surface area contributed by atoms with Crippen molar-refractivity contribution in [2.45, 2.75) is 10.1 Å². The maximum absolute atomic E-state index is 8.79. The maximum atomic E-state index is 8.79. The smallest absolute Gasteiger partial charge is 0.147 e. The van der Waals surface area contributed by atoms with Crippen molar-refractivity contribution in [3.05, 3.63) is 24.3 Å². The summed E-state index contributed by atoms with van der Waals surface area (Å²) in [4.78, 5) is 1.69. The van der Waals surface area contributed by atoms with Gasteiger partial charge in [0.25, 0.3) is 0 Å². The minimum absolute atomic E-state index is 0.245. The number of fused-ring (bicyclic) bond motifs is 1. The molecule has 2 nitrogen and oxygen atoms in total. The third-order valence-corrected chi connectivity index (χ3v) is 3.42. The summed E-state index contributed by atoms with van der Waals surface area (Å²) in [6, 6.07) is 10.0. The van der Waals surface area contributed by atoms with Crippen LogP contribution in [-0.4, -0.2) is 10.2 Å². The van der Waals surface area contributed by atoms with Crippen LogP contribution in [-0.2, 0) is 0 Å². The third kappa shape index (κ3) is 1.53. The second kappa shape index (κ2) is 3.36. The van der Waals surface area contributed by atoms with Crippen molar-refractivity contribution >= 4 is 34.7 Å². The first kappa shape index (κ1) is 8.54. The van der Waals surface area contributed by atoms with E-state index in [0.717, 1.165) is 10.6 Å². The first-order valence-electron chi connectivity index (χ1n) is 3.77. The Morgan fingerprint density at radius 1 is 1.46 bits per heavy atom. The fourth-order valence-electron chi connectivity index (χ4n) is 1.14. The fraction of sp³-hybridized carbons (Fsp3) is 0.111. The number of thiocarbonyl (C=S) groups is 1. The predicted octanol–water partition coefficient (Wildman–Crippen LogP) is 2.42. The number of benzene rings is 1. The molecule has 0 aliphatic carbocycles. The highest BCUT2D eigenvalue weighted by molar-refractivity contribution is 8.02. The summed E-state index contributed by atoms with van der Waals surface area (Å²) in [6.45, 7) is 0. The quantitative estimate of drug-likeness (QED) is 0.661. The monoisotopic (exact) mass is 206 g/mol. The van der Waals surface area contributed by atoms with Crippen LogP contribution in [0.1, 0.15) is 0 Å². The average molecular weight is 206 g/mol. The van der Waals surface area contributed by atoms with Gasteiger partial charge in [0.15, 0.2) is 0 Å². The summed E-state index contributed by atoms with van der Waals surface area (Å²) in [5, 5.41) is 11.6. The highest BCUT2D eigenvalue weighted by atomic mass is 32.2. The molecule has 64 valence electrons. The van der Waals surface area contributed by atoms with Crippen LogP contribution >= 0.6 is 24.0 Å². The summed E-state index contributed by atoms with van der Waals surface area (Å²) in [6.07, 6.45) is 0. The van der Waals surface area contributed by atoms with Crippen molar-refractivity contribution in [1.82, 2.24) is 0 Å². The Bertz CT molecular complexity index is 395. The molecule has 0 radical (unpaired) electrons. The number of para-hydroxylation sites is 1. The summed E-state index contributed by atoms with van der Waals surface area (Å²) in [5.74, 6) is 0. The minimum atomic E-state index is -0.245. The molecule has 0 saturated heterocycles. The molecule has 1 aliphatic rings. The van der Waals surface area contributed by atoms with E-state index in [9.17, 15) is 0 Å². The molecule has 0 bridgehead atoms. The van der Waals surface area contributed by atoms with E-state index in [-0.39, 0.29) is 5.25 Å². The van der Waals surface area contributed by atoms with Gasteiger partial charge in [0.2, 0.25) is 0 Å². The topological polar surface area (TPSA) is 35.8 Å². The molecular weight excluding hydrogens is 200 g/mol. The molecule has 1 aromatic rings. The number of nitrogens with one attached hydrogen (secondary N) is 1. The van der Waals surface area contributed by atoms with Crippen LogP contribution < -0.4 is 5.32 Å². The molecule has 0 fully saturated rings. The highest BCUT2D eigenvalue weighted by Crippen LogP contribution is 2.35. The summed E-state index contributed by atoms with van der Waals surface area (Å²) < 4.78 is 0. The average Bonchev–Trinajstić information content (AvgIpc) is 2.17. The normalized spacial score (nSPS) is 19.9. The molecule has 1 heterocycles. The van der Waals surface area contributed by atoms with Crippen LogP contribution in [0.3, 0.4) is 0 Å². The summed E-state index contributed by atoms with van der Waals surface area (Å²) in [5.41, 5.74) is 1.00. The molecular formula is C9H6N2S2. The molecule has 0 saturated carbocycles. The van der Waals surface area contributed by atoms with E-state index in [2.05, 4.69) is 11.4 Å². The van der Waals surface area contributed by atoms with Gasteiger partial charge in [-0.2, -0.15) is 5.26 Å². The number of anilines is 1. The van der Waals surface area contributed by atoms with Gasteiger partial charge in [-0.05, 0) is 12.1 Å². The zero-order valence-corrected chi connectivity index (χ0v) is 8.28. The van der Waals surface area contributed by atoms with Crippen molar-refractivity contribution in [2.75, 3.05) is 5.32 Å². The number of thioether (sulfide) groups is 1. The minimum Gasteiger partial charge on any atom is -0.347 e. The van der Waals surface area contributed by atoms with Crippen LogP contribution in [0.5, 0.6) is 0 Å². The third-order valence-electron chi connectivity index (χ3n) is 1.75. The van der Waals surface area contributed by atoms with Crippen LogP contribution in [0, 0.1) is 11.3 Å². The van der Waals surface area contributed by atoms with Gasteiger partial charge < -0.3 is 5.32 Å². The van der Waals surface area contributed by atoms with Gasteiger partial charge >= 0.3 is 0 Å². The van der Waals surface area contributed by atoms with Gasteiger partial charge in [0.05, 0.1) is 11.8 Å². The Balaban J connectivity index is 2.39. The number of rotatable bonds is 0. The van der Waals surface area contributed by atoms with E-state index < -0.39 is 0 Å². The fourth-order valence-corrected chi connectivity index (χ4v) is 2.32. The van der Waals surface area contributed by atoms with Crippen LogP contribution in [0.15, 0.2) is 29.2 Å². The van der Waals surface area contributed by atoms with Gasteiger partial charge in [-0.3, -0.25) is 0 Å². The molecule has 13 heavy (non-hydrogen) atoms. The Morgan fingerprint density at radius 2 is 2.23 bits per heavy atom. The van der Waals surface area contributed by atoms with Crippen molar-refractivity contribution in [2.24, 2.45) is 0 Å². The van der Waals surface area contributed by atoms with Gasteiger partial charge in [0, 0.05) is 4.90 Å². The van der Waals surface area contributed by atoms with Crippen molar-refractivity contribution in [3.63, 3.8) is 0 Å². The highest BCUT2D eigenvalue weighted by Gasteiger charge is 2.22. The Kier molecular flexibility index (Phi) is 2.21. The van der Waals surface area contributed by atoms with Gasteiger partial charge in [-0.15, -0.1) is 0 Å². The predicted molar refractivity (Wildman–Crippen MR) is 57.9 cm³/mol. The van der Waals surface area contributed by atoms with Gasteiger partial charge in [-0.25, -0.2) is 0 Å². The lowest BCUT2D eigenvalue weighted by molar-refractivity contribution is 1.35. The second-order valence-corrected chi connectivity index (χ2v) is 4.20. The van der Waals surface area contributed by atoms with E-state index in [1.54, 1.807) is 0 Å². The van der Waals surface area contributed by atoms with Gasteiger partial charge in [-0.1, -0.05) is 36.1 Å². The molecule has 1 N–H and O–H groups in total. The van der Waals surface area contributed by atoms with Crippen LogP contribution in [0.2, 0.25) is 0 Å². The lowest BCUT2D eigenvalue weighted by Crippen LogP contribution is -2.25. The number of nitriles is 1. The molecule has 0 amide bonds. The van der Waals surface area contributed by atoms with Crippen molar-refractivity contribution in [3.8, 4) is 6.07 Å². The molecule has 0 aromatic heterocycles. The van der Waals surface area contributed by atoms with E-state index in [1.807, 2.05) is 24.3 Å². The first-order chi connectivity index (χ1) is 6.31. The first-order valence-corrected chi connectivity index (χ1v) is 5.06. The number of hydrogen-bond donors (Lipinski definition) is 1. The van der Waals surface area contributed by atoms with E-state index in [4.69, 9.17) is 17.5 Å². The number of hydrogen-bond acceptors (Lipinski definition) is 3. The van der Waals surface area contributed by atoms with Crippen LogP contribution in [0.25, 0.3) is 0 Å². The SMILES string of the molecule is N#CC1Sc2ccccc2NC1=S. The molecule has 1 atom stereocenters. The largest absolute Gasteiger partial charge is 0.347 e. The van der Waals surface area contributed by atoms with E-state index in [0.29, 0.717) is 4.99 Å². The zero-order valence-electron chi connectivity index (χ0n) is 6.65. The molecule has 1 aromatic carbocycles. The summed E-state index contributed by atoms with van der Waals surface area (Å²) in [7, 11) is 0. The Labute approximate surface area is 85.9 Å². The van der Waals surface area contributed by atoms with Crippen molar-refractivity contribution < 1.29 is 0 Å². The van der Waals surface area contributed by atoms with E-state index in [1.165, 1.54) is 11.8 Å².